The van der Waals surface area contributed by atoms with Crippen LogP contribution in [0.4, 0.5) is 5.95 Å². The second-order valence-corrected chi connectivity index (χ2v) is 9.91. The summed E-state index contributed by atoms with van der Waals surface area (Å²) in [7, 11) is 0. The Labute approximate surface area is 220 Å². The summed E-state index contributed by atoms with van der Waals surface area (Å²) in [6.45, 7) is 7.63. The predicted octanol–water partition coefficient (Wildman–Crippen LogP) is 2.62. The van der Waals surface area contributed by atoms with Gasteiger partial charge in [-0.2, -0.15) is 10.1 Å². The van der Waals surface area contributed by atoms with Crippen LogP contribution >= 0.6 is 0 Å². The van der Waals surface area contributed by atoms with Crippen LogP contribution in [0.1, 0.15) is 45.0 Å². The first-order valence-electron chi connectivity index (χ1n) is 12.6. The molecule has 12 heteroatoms. The van der Waals surface area contributed by atoms with Crippen LogP contribution in [0.3, 0.4) is 0 Å². The number of nitrogen functional groups attached to an aromatic ring is 1. The highest BCUT2D eigenvalue weighted by atomic mass is 16.5. The fourth-order valence-corrected chi connectivity index (χ4v) is 4.41. The quantitative estimate of drug-likeness (QED) is 0.338. The maximum Gasteiger partial charge on any atom is 0.261 e. The van der Waals surface area contributed by atoms with E-state index in [9.17, 15) is 4.79 Å². The Hall–Kier alpha value is -4.19. The lowest BCUT2D eigenvalue weighted by Gasteiger charge is -2.30. The van der Waals surface area contributed by atoms with Crippen LogP contribution < -0.4 is 11.1 Å². The van der Waals surface area contributed by atoms with Gasteiger partial charge in [-0.25, -0.2) is 9.97 Å². The third-order valence-electron chi connectivity index (χ3n) is 7.11. The van der Waals surface area contributed by atoms with Crippen molar-refractivity contribution in [3.05, 3.63) is 54.5 Å². The molecule has 5 heterocycles. The molecule has 0 bridgehead atoms. The summed E-state index contributed by atoms with van der Waals surface area (Å²) in [4.78, 5) is 29.7. The second kappa shape index (κ2) is 10.7. The van der Waals surface area contributed by atoms with Crippen LogP contribution in [0.2, 0.25) is 0 Å². The number of hydrogen-bond donors (Lipinski definition) is 2. The maximum atomic E-state index is 12.3. The summed E-state index contributed by atoms with van der Waals surface area (Å²) in [5, 5.41) is 11.5. The van der Waals surface area contributed by atoms with E-state index in [0.717, 1.165) is 36.3 Å². The Morgan fingerprint density at radius 1 is 1.18 bits per heavy atom. The standard InChI is InChI=1S/C26H31N9O3/c1-16(2)26(3,19-6-7-21(28-12-19)17-9-30-25(27)31-10-17)24-33-23(38-34-24)18-11-32-35(14-18)15-22(36)29-13-20-5-4-8-37-20/h6-7,9-12,14,16,20H,4-5,8,13,15H2,1-3H3,(H,29,36)(H2,27,30,31)/t20?,26-/m1/s1. The average Bonchev–Trinajstić information content (AvgIpc) is 3.70. The van der Waals surface area contributed by atoms with E-state index in [2.05, 4.69) is 51.3 Å². The van der Waals surface area contributed by atoms with E-state index in [-0.39, 0.29) is 30.4 Å². The van der Waals surface area contributed by atoms with Gasteiger partial charge in [-0.05, 0) is 37.3 Å². The lowest BCUT2D eigenvalue weighted by Crippen LogP contribution is -2.34. The van der Waals surface area contributed by atoms with Crippen LogP contribution in [-0.4, -0.2) is 60.0 Å². The molecular formula is C26H31N9O3. The number of nitrogens with zero attached hydrogens (tertiary/aromatic N) is 7. The molecule has 3 N–H and O–H groups in total. The molecule has 0 saturated carbocycles. The van der Waals surface area contributed by atoms with Crippen molar-refractivity contribution < 1.29 is 14.1 Å². The van der Waals surface area contributed by atoms with E-state index < -0.39 is 5.41 Å². The second-order valence-electron chi connectivity index (χ2n) is 9.91. The lowest BCUT2D eigenvalue weighted by molar-refractivity contribution is -0.122. The molecule has 4 aromatic heterocycles. The summed E-state index contributed by atoms with van der Waals surface area (Å²) in [5.74, 6) is 1.09. The van der Waals surface area contributed by atoms with Crippen molar-refractivity contribution in [2.45, 2.75) is 51.7 Å². The monoisotopic (exact) mass is 517 g/mol. The Morgan fingerprint density at radius 2 is 2.00 bits per heavy atom. The maximum absolute atomic E-state index is 12.3. The fourth-order valence-electron chi connectivity index (χ4n) is 4.41. The molecule has 198 valence electrons. The van der Waals surface area contributed by atoms with Gasteiger partial charge in [0.2, 0.25) is 11.9 Å². The van der Waals surface area contributed by atoms with Crippen molar-refractivity contribution in [1.82, 2.24) is 40.2 Å². The number of nitrogens with one attached hydrogen (secondary N) is 1. The molecule has 0 aliphatic carbocycles. The zero-order valence-corrected chi connectivity index (χ0v) is 21.7. The van der Waals surface area contributed by atoms with Gasteiger partial charge in [-0.1, -0.05) is 25.1 Å². The molecule has 1 unspecified atom stereocenters. The molecule has 38 heavy (non-hydrogen) atoms. The zero-order valence-electron chi connectivity index (χ0n) is 21.7. The molecule has 0 spiro atoms. The minimum atomic E-state index is -0.566. The first-order chi connectivity index (χ1) is 18.3. The van der Waals surface area contributed by atoms with Crippen LogP contribution in [0, 0.1) is 5.92 Å². The molecule has 0 radical (unpaired) electrons. The number of amides is 1. The molecule has 5 rings (SSSR count). The molecule has 1 aliphatic rings. The van der Waals surface area contributed by atoms with E-state index >= 15 is 0 Å². The first kappa shape index (κ1) is 25.5. The fraction of sp³-hybridized carbons (Fsp3) is 0.423. The van der Waals surface area contributed by atoms with Crippen molar-refractivity contribution in [3.8, 4) is 22.7 Å². The minimum Gasteiger partial charge on any atom is -0.376 e. The van der Waals surface area contributed by atoms with Crippen molar-refractivity contribution >= 4 is 11.9 Å². The van der Waals surface area contributed by atoms with Gasteiger partial charge in [-0.15, -0.1) is 0 Å². The molecule has 0 aromatic carbocycles. The van der Waals surface area contributed by atoms with Gasteiger partial charge in [0.05, 0.1) is 29.0 Å². The Morgan fingerprint density at radius 3 is 2.68 bits per heavy atom. The van der Waals surface area contributed by atoms with Gasteiger partial charge in [-0.3, -0.25) is 14.5 Å². The van der Waals surface area contributed by atoms with Crippen molar-refractivity contribution in [1.29, 1.82) is 0 Å². The molecule has 1 fully saturated rings. The molecule has 12 nitrogen and oxygen atoms in total. The van der Waals surface area contributed by atoms with E-state index in [1.807, 2.05) is 18.3 Å². The van der Waals surface area contributed by atoms with Crippen LogP contribution in [0.5, 0.6) is 0 Å². The number of aromatic nitrogens is 7. The summed E-state index contributed by atoms with van der Waals surface area (Å²) in [5.41, 5.74) is 8.12. The molecular weight excluding hydrogens is 486 g/mol. The summed E-state index contributed by atoms with van der Waals surface area (Å²) in [6.07, 6.45) is 10.5. The van der Waals surface area contributed by atoms with E-state index in [1.54, 1.807) is 29.5 Å². The number of carbonyl (C=O) groups is 1. The van der Waals surface area contributed by atoms with Gasteiger partial charge in [0, 0.05) is 43.5 Å². The first-order valence-corrected chi connectivity index (χ1v) is 12.6. The van der Waals surface area contributed by atoms with E-state index in [1.165, 1.54) is 0 Å². The molecule has 4 aromatic rings. The number of anilines is 1. The Balaban J connectivity index is 1.30. The Bertz CT molecular complexity index is 1380. The van der Waals surface area contributed by atoms with E-state index in [0.29, 0.717) is 23.8 Å². The number of rotatable bonds is 9. The number of nitrogens with two attached hydrogens (primary N) is 1. The number of pyridine rings is 1. The predicted molar refractivity (Wildman–Crippen MR) is 138 cm³/mol. The minimum absolute atomic E-state index is 0.0918. The zero-order chi connectivity index (χ0) is 26.7. The summed E-state index contributed by atoms with van der Waals surface area (Å²) >= 11 is 0. The van der Waals surface area contributed by atoms with Gasteiger partial charge in [0.1, 0.15) is 6.54 Å². The SMILES string of the molecule is CC(C)[C@](C)(c1ccc(-c2cnc(N)nc2)nc1)c1noc(-c2cnn(CC(=O)NCC3CCCO3)c2)n1. The van der Waals surface area contributed by atoms with Crippen LogP contribution in [0.15, 0.2) is 47.6 Å². The third-order valence-corrected chi connectivity index (χ3v) is 7.11. The third kappa shape index (κ3) is 5.25. The molecule has 1 amide bonds. The molecule has 1 saturated heterocycles. The molecule has 1 aliphatic heterocycles. The highest BCUT2D eigenvalue weighted by Gasteiger charge is 2.38. The van der Waals surface area contributed by atoms with Crippen molar-refractivity contribution in [3.63, 3.8) is 0 Å². The lowest BCUT2D eigenvalue weighted by atomic mass is 9.73. The average molecular weight is 518 g/mol. The normalized spacial score (nSPS) is 17.0. The van der Waals surface area contributed by atoms with Crippen LogP contribution in [0.25, 0.3) is 22.7 Å². The summed E-state index contributed by atoms with van der Waals surface area (Å²) < 4.78 is 12.7. The van der Waals surface area contributed by atoms with Crippen molar-refractivity contribution in [2.24, 2.45) is 5.92 Å². The smallest absolute Gasteiger partial charge is 0.261 e. The van der Waals surface area contributed by atoms with E-state index in [4.69, 9.17) is 20.0 Å². The number of hydrogen-bond acceptors (Lipinski definition) is 10. The number of ether oxygens (including phenoxy) is 1. The van der Waals surface area contributed by atoms with Crippen LogP contribution in [-0.2, 0) is 21.5 Å². The summed E-state index contributed by atoms with van der Waals surface area (Å²) in [6, 6.07) is 3.92. The van der Waals surface area contributed by atoms with Gasteiger partial charge in [0.15, 0.2) is 5.82 Å². The Kier molecular flexibility index (Phi) is 7.14. The highest BCUT2D eigenvalue weighted by Crippen LogP contribution is 2.38. The van der Waals surface area contributed by atoms with Gasteiger partial charge >= 0.3 is 0 Å². The topological polar surface area (TPSA) is 160 Å². The van der Waals surface area contributed by atoms with Gasteiger partial charge in [0.25, 0.3) is 5.89 Å². The molecule has 2 atom stereocenters. The van der Waals surface area contributed by atoms with Crippen molar-refractivity contribution in [2.75, 3.05) is 18.9 Å². The largest absolute Gasteiger partial charge is 0.376 e. The highest BCUT2D eigenvalue weighted by molar-refractivity contribution is 5.75. The van der Waals surface area contributed by atoms with Gasteiger partial charge < -0.3 is 20.3 Å². The number of carbonyl (C=O) groups excluding carboxylic acids is 1.